The highest BCUT2D eigenvalue weighted by atomic mass is 79.9. The summed E-state index contributed by atoms with van der Waals surface area (Å²) < 4.78 is 28.2. The Morgan fingerprint density at radius 1 is 1.29 bits per heavy atom. The minimum atomic E-state index is -1.03. The van der Waals surface area contributed by atoms with E-state index in [1.807, 2.05) is 0 Å². The quantitative estimate of drug-likeness (QED) is 0.588. The maximum absolute atomic E-state index is 13.8. The first kappa shape index (κ1) is 22.9. The van der Waals surface area contributed by atoms with Gasteiger partial charge in [-0.05, 0) is 18.9 Å². The van der Waals surface area contributed by atoms with Gasteiger partial charge >= 0.3 is 0 Å². The van der Waals surface area contributed by atoms with Gasteiger partial charge in [-0.25, -0.2) is 8.78 Å². The van der Waals surface area contributed by atoms with E-state index < -0.39 is 51.8 Å². The molecule has 2 heterocycles. The lowest BCUT2D eigenvalue weighted by Crippen LogP contribution is -2.61. The number of nitrogens with one attached hydrogen (secondary N) is 1. The van der Waals surface area contributed by atoms with Gasteiger partial charge in [-0.1, -0.05) is 6.07 Å². The summed E-state index contributed by atoms with van der Waals surface area (Å²) in [4.78, 5) is 39.1. The van der Waals surface area contributed by atoms with Crippen LogP contribution < -0.4 is 10.7 Å². The van der Waals surface area contributed by atoms with Crippen LogP contribution in [-0.2, 0) is 12.1 Å². The van der Waals surface area contributed by atoms with Crippen molar-refractivity contribution in [1.82, 2.24) is 14.8 Å². The van der Waals surface area contributed by atoms with Crippen molar-refractivity contribution in [1.29, 1.82) is 0 Å². The van der Waals surface area contributed by atoms with Crippen LogP contribution in [0.25, 0.3) is 0 Å². The normalized spacial score (nSPS) is 21.9. The van der Waals surface area contributed by atoms with Crippen LogP contribution in [0.4, 0.5) is 8.78 Å². The van der Waals surface area contributed by atoms with E-state index in [1.54, 1.807) is 0 Å². The Morgan fingerprint density at radius 3 is 2.58 bits per heavy atom. The Labute approximate surface area is 185 Å². The molecule has 1 saturated carbocycles. The summed E-state index contributed by atoms with van der Waals surface area (Å²) in [6.45, 7) is -0.0571. The fourth-order valence-electron chi connectivity index (χ4n) is 4.19. The molecule has 0 atom stereocenters. The maximum atomic E-state index is 13.8. The zero-order chi connectivity index (χ0) is 21.8. The van der Waals surface area contributed by atoms with Crippen LogP contribution in [0.15, 0.2) is 29.2 Å². The molecule has 166 valence electrons. The number of rotatable bonds is 3. The van der Waals surface area contributed by atoms with Crippen LogP contribution in [0.2, 0.25) is 0 Å². The van der Waals surface area contributed by atoms with E-state index in [2.05, 4.69) is 5.32 Å². The van der Waals surface area contributed by atoms with Crippen molar-refractivity contribution in [3.05, 3.63) is 63.1 Å². The zero-order valence-corrected chi connectivity index (χ0v) is 18.1. The van der Waals surface area contributed by atoms with E-state index >= 15 is 0 Å². The molecule has 0 saturated heterocycles. The molecule has 1 fully saturated rings. The lowest BCUT2D eigenvalue weighted by molar-refractivity contribution is -0.0453. The van der Waals surface area contributed by atoms with E-state index in [1.165, 1.54) is 28.8 Å². The molecule has 31 heavy (non-hydrogen) atoms. The van der Waals surface area contributed by atoms with Gasteiger partial charge in [0.05, 0.1) is 11.6 Å². The molecule has 0 unspecified atom stereocenters. The molecule has 4 rings (SSSR count). The van der Waals surface area contributed by atoms with Gasteiger partial charge in [0, 0.05) is 38.0 Å². The Kier molecular flexibility index (Phi) is 5.94. The smallest absolute Gasteiger partial charge is 0.274 e. The van der Waals surface area contributed by atoms with Crippen molar-refractivity contribution in [3.63, 3.8) is 0 Å². The van der Waals surface area contributed by atoms with E-state index in [0.29, 0.717) is 18.9 Å². The van der Waals surface area contributed by atoms with Crippen LogP contribution in [0.1, 0.15) is 39.3 Å². The van der Waals surface area contributed by atoms with Gasteiger partial charge in [-0.3, -0.25) is 14.4 Å². The molecule has 0 radical (unpaired) electrons. The summed E-state index contributed by atoms with van der Waals surface area (Å²) in [5.41, 5.74) is -2.40. The van der Waals surface area contributed by atoms with Crippen molar-refractivity contribution in [2.45, 2.75) is 31.0 Å². The highest BCUT2D eigenvalue weighted by Gasteiger charge is 2.51. The summed E-state index contributed by atoms with van der Waals surface area (Å²) in [5, 5.41) is 22.6. The fourth-order valence-corrected chi connectivity index (χ4v) is 4.19. The molecule has 1 spiro atoms. The van der Waals surface area contributed by atoms with Crippen LogP contribution in [0, 0.1) is 11.6 Å². The summed E-state index contributed by atoms with van der Waals surface area (Å²) in [7, 11) is 1.53. The van der Waals surface area contributed by atoms with E-state index in [4.69, 9.17) is 0 Å². The first-order chi connectivity index (χ1) is 14.1. The zero-order valence-electron chi connectivity index (χ0n) is 16.4. The van der Waals surface area contributed by atoms with Crippen molar-refractivity contribution in [2.75, 3.05) is 13.6 Å². The number of amides is 2. The SMILES string of the molecule is Br.CN1CC2(CC(O)C2)n2cc(C(=O)NCc3ccc(F)cc3F)c(=O)c(O)c2C1=O. The molecule has 1 aromatic heterocycles. The molecule has 1 aromatic carbocycles. The van der Waals surface area contributed by atoms with E-state index in [0.717, 1.165) is 6.07 Å². The molecule has 3 N–H and O–H groups in total. The fraction of sp³-hybridized carbons (Fsp3) is 0.350. The molecular formula is C20H20BrF2N3O5. The third kappa shape index (κ3) is 3.72. The molecule has 1 aliphatic carbocycles. The molecule has 11 heteroatoms. The van der Waals surface area contributed by atoms with Gasteiger partial charge in [0.15, 0.2) is 11.4 Å². The lowest BCUT2D eigenvalue weighted by Gasteiger charge is -2.52. The second-order valence-corrected chi connectivity index (χ2v) is 7.81. The minimum absolute atomic E-state index is 0. The third-order valence-electron chi connectivity index (χ3n) is 5.71. The summed E-state index contributed by atoms with van der Waals surface area (Å²) >= 11 is 0. The van der Waals surface area contributed by atoms with Crippen molar-refractivity contribution in [3.8, 4) is 5.75 Å². The van der Waals surface area contributed by atoms with Crippen LogP contribution in [0.5, 0.6) is 5.75 Å². The average molecular weight is 500 g/mol. The van der Waals surface area contributed by atoms with Gasteiger partial charge in [-0.15, -0.1) is 17.0 Å². The molecule has 1 aliphatic heterocycles. The Hall–Kier alpha value is -2.79. The molecule has 2 aliphatic rings. The number of halogens is 3. The number of hydrogen-bond acceptors (Lipinski definition) is 5. The van der Waals surface area contributed by atoms with Crippen LogP contribution in [-0.4, -0.2) is 51.2 Å². The number of nitrogens with zero attached hydrogens (tertiary/aromatic N) is 2. The monoisotopic (exact) mass is 499 g/mol. The Bertz CT molecular complexity index is 1130. The standard InChI is InChI=1S/C20H19F2N3O5.BrH/c1-24-9-20(5-12(26)6-20)25-8-13(16(27)17(28)15(25)19(24)30)18(29)23-7-10-2-3-11(21)4-14(10)22;/h2-4,8,12,26,28H,5-7,9H2,1H3,(H,23,29);1H. The number of benzene rings is 1. The average Bonchev–Trinajstić information content (AvgIpc) is 2.66. The van der Waals surface area contributed by atoms with Gasteiger partial charge in [0.2, 0.25) is 5.43 Å². The predicted octanol–water partition coefficient (Wildman–Crippen LogP) is 1.28. The summed E-state index contributed by atoms with van der Waals surface area (Å²) in [6.07, 6.45) is 1.19. The number of fused-ring (bicyclic) bond motifs is 2. The van der Waals surface area contributed by atoms with Gasteiger partial charge < -0.3 is 25.0 Å². The number of carbonyl (C=O) groups is 2. The van der Waals surface area contributed by atoms with Crippen LogP contribution in [0.3, 0.4) is 0 Å². The molecular weight excluding hydrogens is 480 g/mol. The number of aromatic nitrogens is 1. The first-order valence-electron chi connectivity index (χ1n) is 9.28. The maximum Gasteiger partial charge on any atom is 0.274 e. The molecule has 2 amide bonds. The minimum Gasteiger partial charge on any atom is -0.503 e. The highest BCUT2D eigenvalue weighted by Crippen LogP contribution is 2.44. The highest BCUT2D eigenvalue weighted by molar-refractivity contribution is 8.93. The van der Waals surface area contributed by atoms with Gasteiger partial charge in [0.25, 0.3) is 11.8 Å². The second-order valence-electron chi connectivity index (χ2n) is 7.81. The van der Waals surface area contributed by atoms with Crippen LogP contribution >= 0.6 is 17.0 Å². The number of aromatic hydroxyl groups is 1. The summed E-state index contributed by atoms with van der Waals surface area (Å²) in [6, 6.07) is 2.88. The predicted molar refractivity (Wildman–Crippen MR) is 110 cm³/mol. The topological polar surface area (TPSA) is 112 Å². The van der Waals surface area contributed by atoms with Crippen molar-refractivity contribution in [2.24, 2.45) is 0 Å². The number of carbonyl (C=O) groups excluding carboxylic acids is 2. The number of aliphatic hydroxyl groups is 1. The summed E-state index contributed by atoms with van der Waals surface area (Å²) in [5.74, 6) is -3.92. The number of likely N-dealkylation sites (N-methyl/N-ethyl adjacent to an activating group) is 1. The van der Waals surface area contributed by atoms with Gasteiger partial charge in [-0.2, -0.15) is 0 Å². The number of hydrogen-bond donors (Lipinski definition) is 3. The van der Waals surface area contributed by atoms with E-state index in [9.17, 15) is 33.4 Å². The molecule has 8 nitrogen and oxygen atoms in total. The van der Waals surface area contributed by atoms with Crippen molar-refractivity contribution < 1.29 is 28.6 Å². The van der Waals surface area contributed by atoms with Crippen molar-refractivity contribution >= 4 is 28.8 Å². The Morgan fingerprint density at radius 2 is 1.97 bits per heavy atom. The first-order valence-corrected chi connectivity index (χ1v) is 9.28. The van der Waals surface area contributed by atoms with E-state index in [-0.39, 0.29) is 41.3 Å². The number of aliphatic hydroxyl groups excluding tert-OH is 1. The molecule has 0 bridgehead atoms. The van der Waals surface area contributed by atoms with Gasteiger partial charge in [0.1, 0.15) is 17.2 Å². The Balaban J connectivity index is 0.00000272. The lowest BCUT2D eigenvalue weighted by atomic mass is 9.72. The molecule has 2 aromatic rings. The third-order valence-corrected chi connectivity index (χ3v) is 5.71. The largest absolute Gasteiger partial charge is 0.503 e. The second kappa shape index (κ2) is 8.04. The number of pyridine rings is 1.